The number of rotatable bonds is 8. The molecule has 3 unspecified atom stereocenters. The Bertz CT molecular complexity index is 1260. The number of fused-ring (bicyclic) bond motifs is 1. The summed E-state index contributed by atoms with van der Waals surface area (Å²) in [6, 6.07) is 11.6. The van der Waals surface area contributed by atoms with E-state index >= 15 is 0 Å². The van der Waals surface area contributed by atoms with Gasteiger partial charge in [-0.05, 0) is 43.5 Å². The molecule has 0 spiro atoms. The molecule has 11 heteroatoms. The van der Waals surface area contributed by atoms with Crippen LogP contribution in [0, 0.1) is 5.92 Å². The van der Waals surface area contributed by atoms with Crippen molar-refractivity contribution in [2.24, 2.45) is 5.92 Å². The van der Waals surface area contributed by atoms with Crippen LogP contribution >= 0.6 is 11.3 Å². The van der Waals surface area contributed by atoms with Crippen molar-refractivity contribution in [2.75, 3.05) is 52.9 Å². The molecule has 0 radical (unpaired) electrons. The molecule has 0 saturated carbocycles. The second kappa shape index (κ2) is 12.7. The molecule has 1 N–H and O–H groups in total. The predicted molar refractivity (Wildman–Crippen MR) is 157 cm³/mol. The first-order chi connectivity index (χ1) is 19.7. The van der Waals surface area contributed by atoms with Crippen LogP contribution in [-0.2, 0) is 14.4 Å². The maximum absolute atomic E-state index is 13.8. The van der Waals surface area contributed by atoms with Gasteiger partial charge in [-0.25, -0.2) is 4.79 Å². The van der Waals surface area contributed by atoms with E-state index in [0.717, 1.165) is 36.6 Å². The van der Waals surface area contributed by atoms with E-state index in [1.165, 1.54) is 11.3 Å². The molecule has 2 aromatic rings. The lowest BCUT2D eigenvalue weighted by Gasteiger charge is -2.33. The van der Waals surface area contributed by atoms with Crippen LogP contribution in [0.5, 0.6) is 5.06 Å². The van der Waals surface area contributed by atoms with Crippen molar-refractivity contribution in [1.29, 1.82) is 0 Å². The monoisotopic (exact) mass is 581 g/mol. The summed E-state index contributed by atoms with van der Waals surface area (Å²) in [5, 5.41) is 3.19. The molecular weight excluding hydrogens is 542 g/mol. The minimum absolute atomic E-state index is 0.0259. The summed E-state index contributed by atoms with van der Waals surface area (Å²) in [6.07, 6.45) is 0.247. The fourth-order valence-corrected chi connectivity index (χ4v) is 6.83. The van der Waals surface area contributed by atoms with Gasteiger partial charge in [0.15, 0.2) is 10.8 Å². The number of piperazine rings is 1. The molecule has 3 aliphatic heterocycles. The van der Waals surface area contributed by atoms with Gasteiger partial charge in [-0.1, -0.05) is 55.5 Å². The van der Waals surface area contributed by atoms with Gasteiger partial charge in [0.05, 0.1) is 19.1 Å². The highest BCUT2D eigenvalue weighted by Crippen LogP contribution is 2.33. The van der Waals surface area contributed by atoms with Crippen molar-refractivity contribution in [2.45, 2.75) is 44.8 Å². The van der Waals surface area contributed by atoms with E-state index in [1.54, 1.807) is 15.9 Å². The molecule has 3 atom stereocenters. The lowest BCUT2D eigenvalue weighted by atomic mass is 10.0. The predicted octanol–water partition coefficient (Wildman–Crippen LogP) is 2.55. The molecule has 220 valence electrons. The Morgan fingerprint density at radius 2 is 1.73 bits per heavy atom. The fraction of sp³-hybridized carbons (Fsp3) is 0.533. The molecule has 0 aliphatic carbocycles. The van der Waals surface area contributed by atoms with E-state index in [9.17, 15) is 19.2 Å². The lowest BCUT2D eigenvalue weighted by molar-refractivity contribution is -0.138. The van der Waals surface area contributed by atoms with Crippen LogP contribution < -0.4 is 10.1 Å². The molecule has 3 amide bonds. The number of hydrogen-bond donors (Lipinski definition) is 1. The second-order valence-electron chi connectivity index (χ2n) is 11.6. The zero-order chi connectivity index (χ0) is 29.1. The van der Waals surface area contributed by atoms with Gasteiger partial charge >= 0.3 is 6.09 Å². The van der Waals surface area contributed by atoms with Gasteiger partial charge in [0.1, 0.15) is 12.1 Å². The van der Waals surface area contributed by atoms with E-state index in [0.29, 0.717) is 24.4 Å². The third-order valence-corrected chi connectivity index (χ3v) is 9.12. The van der Waals surface area contributed by atoms with E-state index in [4.69, 9.17) is 4.74 Å². The van der Waals surface area contributed by atoms with Crippen LogP contribution in [0.4, 0.5) is 4.79 Å². The first-order valence-corrected chi connectivity index (χ1v) is 15.2. The average molecular weight is 582 g/mol. The summed E-state index contributed by atoms with van der Waals surface area (Å²) in [5.41, 5.74) is 1.03. The topological polar surface area (TPSA) is 102 Å². The van der Waals surface area contributed by atoms with E-state index in [2.05, 4.69) is 22.2 Å². The first kappa shape index (κ1) is 29.2. The molecule has 5 rings (SSSR count). The molecule has 1 aromatic heterocycles. The van der Waals surface area contributed by atoms with E-state index in [-0.39, 0.29) is 42.6 Å². The molecule has 10 nitrogen and oxygen atoms in total. The Morgan fingerprint density at radius 3 is 2.44 bits per heavy atom. The van der Waals surface area contributed by atoms with Crippen LogP contribution in [0.15, 0.2) is 42.5 Å². The maximum Gasteiger partial charge on any atom is 0.414 e. The number of likely N-dealkylation sites (tertiary alicyclic amines) is 2. The van der Waals surface area contributed by atoms with Crippen molar-refractivity contribution in [3.8, 4) is 15.5 Å². The largest absolute Gasteiger partial charge is 0.414 e. The van der Waals surface area contributed by atoms with Gasteiger partial charge in [0, 0.05) is 37.6 Å². The Hall–Kier alpha value is -3.28. The van der Waals surface area contributed by atoms with Gasteiger partial charge < -0.3 is 24.8 Å². The van der Waals surface area contributed by atoms with E-state index < -0.39 is 18.2 Å². The Morgan fingerprint density at radius 1 is 1.00 bits per heavy atom. The van der Waals surface area contributed by atoms with Crippen LogP contribution in [-0.4, -0.2) is 114 Å². The SMILES string of the molecule is CC(C)CC(NC(=O)Oc1ccc(-c2ccccc2)s1)C(=O)N1CCC2C1C(=O)CN2C(=O)CN1CCN(C)CC1. The quantitative estimate of drug-likeness (QED) is 0.511. The summed E-state index contributed by atoms with van der Waals surface area (Å²) in [4.78, 5) is 61.5. The average Bonchev–Trinajstić information content (AvgIpc) is 3.67. The normalized spacial score (nSPS) is 22.2. The lowest BCUT2D eigenvalue weighted by Crippen LogP contribution is -2.53. The highest BCUT2D eigenvalue weighted by molar-refractivity contribution is 7.17. The van der Waals surface area contributed by atoms with Crippen LogP contribution in [0.3, 0.4) is 0 Å². The number of amides is 3. The van der Waals surface area contributed by atoms with Gasteiger partial charge in [0.2, 0.25) is 11.8 Å². The Labute approximate surface area is 245 Å². The minimum Gasteiger partial charge on any atom is -0.399 e. The number of nitrogens with zero attached hydrogens (tertiary/aromatic N) is 4. The molecule has 1 aromatic carbocycles. The number of likely N-dealkylation sites (N-methyl/N-ethyl adjacent to an activating group) is 1. The number of Topliss-reactive ketones (excluding diaryl/α,β-unsaturated/α-hetero) is 1. The van der Waals surface area contributed by atoms with Crippen molar-refractivity contribution >= 4 is 35.0 Å². The number of benzene rings is 1. The summed E-state index contributed by atoms with van der Waals surface area (Å²) >= 11 is 1.35. The molecule has 3 saturated heterocycles. The van der Waals surface area contributed by atoms with Gasteiger partial charge in [0.25, 0.3) is 0 Å². The highest BCUT2D eigenvalue weighted by atomic mass is 32.1. The van der Waals surface area contributed by atoms with Crippen LogP contribution in [0.1, 0.15) is 26.7 Å². The standard InChI is InChI=1S/C30H39N5O5S/c1-20(2)17-22(31-30(39)40-27-10-9-25(41-27)21-7-5-4-6-8-21)29(38)34-12-11-23-28(34)24(36)18-35(23)26(37)19-33-15-13-32(3)14-16-33/h4-10,20,22-23,28H,11-19H2,1-3H3,(H,31,39). The Kier molecular flexibility index (Phi) is 9.06. The number of nitrogens with one attached hydrogen (secondary N) is 1. The van der Waals surface area contributed by atoms with Crippen molar-refractivity contribution < 1.29 is 23.9 Å². The van der Waals surface area contributed by atoms with Crippen molar-refractivity contribution in [1.82, 2.24) is 24.9 Å². The van der Waals surface area contributed by atoms with Crippen LogP contribution in [0.25, 0.3) is 10.4 Å². The zero-order valence-electron chi connectivity index (χ0n) is 24.0. The highest BCUT2D eigenvalue weighted by Gasteiger charge is 2.52. The molecular formula is C30H39N5O5S. The maximum atomic E-state index is 13.8. The second-order valence-corrected chi connectivity index (χ2v) is 12.6. The Balaban J connectivity index is 1.21. The smallest absolute Gasteiger partial charge is 0.399 e. The minimum atomic E-state index is -0.835. The van der Waals surface area contributed by atoms with Crippen LogP contribution in [0.2, 0.25) is 0 Å². The van der Waals surface area contributed by atoms with E-state index in [1.807, 2.05) is 50.2 Å². The molecule has 41 heavy (non-hydrogen) atoms. The molecule has 0 bridgehead atoms. The number of carbonyl (C=O) groups is 4. The van der Waals surface area contributed by atoms with Crippen molar-refractivity contribution in [3.63, 3.8) is 0 Å². The molecule has 4 heterocycles. The van der Waals surface area contributed by atoms with Gasteiger partial charge in [-0.15, -0.1) is 0 Å². The number of ketones is 1. The zero-order valence-corrected chi connectivity index (χ0v) is 24.8. The number of carbonyl (C=O) groups excluding carboxylic acids is 4. The van der Waals surface area contributed by atoms with Crippen molar-refractivity contribution in [3.05, 3.63) is 42.5 Å². The number of hydrogen-bond acceptors (Lipinski definition) is 8. The summed E-state index contributed by atoms with van der Waals surface area (Å²) in [6.45, 7) is 8.10. The summed E-state index contributed by atoms with van der Waals surface area (Å²) < 4.78 is 5.55. The number of thiophene rings is 1. The fourth-order valence-electron chi connectivity index (χ4n) is 5.97. The summed E-state index contributed by atoms with van der Waals surface area (Å²) in [5.74, 6) is -0.363. The number of ether oxygens (including phenoxy) is 1. The van der Waals surface area contributed by atoms with Gasteiger partial charge in [-0.2, -0.15) is 0 Å². The third kappa shape index (κ3) is 6.79. The van der Waals surface area contributed by atoms with Gasteiger partial charge in [-0.3, -0.25) is 19.3 Å². The first-order valence-electron chi connectivity index (χ1n) is 14.4. The molecule has 3 aliphatic rings. The molecule has 3 fully saturated rings. The third-order valence-electron chi connectivity index (χ3n) is 8.11. The summed E-state index contributed by atoms with van der Waals surface area (Å²) in [7, 11) is 2.07.